The van der Waals surface area contributed by atoms with E-state index in [1.165, 1.54) is 16.9 Å². The molecule has 0 saturated heterocycles. The van der Waals surface area contributed by atoms with Gasteiger partial charge in [0.1, 0.15) is 0 Å². The molecule has 0 spiro atoms. The van der Waals surface area contributed by atoms with E-state index >= 15 is 0 Å². The molecule has 1 atom stereocenters. The molecule has 1 aliphatic heterocycles. The highest BCUT2D eigenvalue weighted by molar-refractivity contribution is 7.07. The van der Waals surface area contributed by atoms with Gasteiger partial charge >= 0.3 is 4.87 Å². The molecule has 2 heterocycles. The van der Waals surface area contributed by atoms with E-state index in [4.69, 9.17) is 0 Å². The van der Waals surface area contributed by atoms with Gasteiger partial charge < -0.3 is 9.47 Å². The van der Waals surface area contributed by atoms with Crippen molar-refractivity contribution in [2.45, 2.75) is 39.3 Å². The first kappa shape index (κ1) is 14.1. The molecule has 0 aliphatic carbocycles. The van der Waals surface area contributed by atoms with Gasteiger partial charge in [-0.2, -0.15) is 0 Å². The number of rotatable bonds is 3. The van der Waals surface area contributed by atoms with E-state index in [1.54, 1.807) is 4.57 Å². The number of hydrogen-bond acceptors (Lipinski definition) is 3. The predicted molar refractivity (Wildman–Crippen MR) is 85.0 cm³/mol. The van der Waals surface area contributed by atoms with Crippen LogP contribution in [0, 0.1) is 6.92 Å². The van der Waals surface area contributed by atoms with Gasteiger partial charge in [0.05, 0.1) is 0 Å². The number of aryl methyl sites for hydroxylation is 1. The zero-order chi connectivity index (χ0) is 15.0. The summed E-state index contributed by atoms with van der Waals surface area (Å²) in [4.78, 5) is 26.1. The van der Waals surface area contributed by atoms with Crippen LogP contribution in [0.4, 0.5) is 5.69 Å². The van der Waals surface area contributed by atoms with E-state index in [0.717, 1.165) is 17.8 Å². The molecule has 0 saturated carbocycles. The maximum atomic E-state index is 12.6. The molecule has 0 fully saturated rings. The van der Waals surface area contributed by atoms with E-state index in [9.17, 15) is 9.59 Å². The Bertz CT molecular complexity index is 732. The van der Waals surface area contributed by atoms with Gasteiger partial charge in [0.2, 0.25) is 5.91 Å². The van der Waals surface area contributed by atoms with E-state index in [-0.39, 0.29) is 16.8 Å². The van der Waals surface area contributed by atoms with Crippen LogP contribution in [0.1, 0.15) is 24.6 Å². The number of carbonyl (C=O) groups is 1. The van der Waals surface area contributed by atoms with Crippen LogP contribution in [-0.2, 0) is 17.8 Å². The molecule has 1 aliphatic rings. The molecule has 1 aromatic carbocycles. The van der Waals surface area contributed by atoms with Crippen molar-refractivity contribution < 1.29 is 4.79 Å². The van der Waals surface area contributed by atoms with Crippen molar-refractivity contribution in [3.63, 3.8) is 0 Å². The fourth-order valence-electron chi connectivity index (χ4n) is 2.95. The minimum atomic E-state index is 0.00942. The van der Waals surface area contributed by atoms with Gasteiger partial charge in [-0.1, -0.05) is 29.5 Å². The maximum absolute atomic E-state index is 12.6. The number of para-hydroxylation sites is 1. The van der Waals surface area contributed by atoms with Crippen molar-refractivity contribution in [1.29, 1.82) is 0 Å². The standard InChI is InChI=1S/C16H18N2O2S/c1-11-9-13-5-3-4-6-14(13)18(11)15(19)7-8-17-12(2)10-21-16(17)20/h3-6,10-11H,7-9H2,1-2H3/t11-/m1/s1. The molecular weight excluding hydrogens is 284 g/mol. The lowest BCUT2D eigenvalue weighted by Gasteiger charge is -2.23. The van der Waals surface area contributed by atoms with Crippen LogP contribution in [0.3, 0.4) is 0 Å². The average Bonchev–Trinajstić information content (AvgIpc) is 2.96. The molecule has 1 amide bonds. The van der Waals surface area contributed by atoms with Crippen LogP contribution in [0.25, 0.3) is 0 Å². The minimum Gasteiger partial charge on any atom is -0.309 e. The molecule has 2 aromatic rings. The fourth-order valence-corrected chi connectivity index (χ4v) is 3.71. The van der Waals surface area contributed by atoms with Crippen LogP contribution in [0.15, 0.2) is 34.4 Å². The predicted octanol–water partition coefficient (Wildman–Crippen LogP) is 2.59. The number of amides is 1. The van der Waals surface area contributed by atoms with Gasteiger partial charge in [-0.05, 0) is 31.9 Å². The molecule has 110 valence electrons. The molecule has 1 aromatic heterocycles. The maximum Gasteiger partial charge on any atom is 0.307 e. The van der Waals surface area contributed by atoms with Gasteiger partial charge in [-0.3, -0.25) is 9.59 Å². The molecule has 5 heteroatoms. The summed E-state index contributed by atoms with van der Waals surface area (Å²) >= 11 is 1.19. The van der Waals surface area contributed by atoms with Crippen molar-refractivity contribution in [2.24, 2.45) is 0 Å². The number of carbonyl (C=O) groups excluding carboxylic acids is 1. The molecule has 3 rings (SSSR count). The second kappa shape index (κ2) is 5.48. The first-order chi connectivity index (χ1) is 10.1. The lowest BCUT2D eigenvalue weighted by molar-refractivity contribution is -0.119. The normalized spacial score (nSPS) is 17.0. The Labute approximate surface area is 127 Å². The Hall–Kier alpha value is -1.88. The summed E-state index contributed by atoms with van der Waals surface area (Å²) < 4.78 is 1.68. The Morgan fingerprint density at radius 3 is 2.86 bits per heavy atom. The summed E-state index contributed by atoms with van der Waals surface area (Å²) in [6.45, 7) is 4.43. The number of nitrogens with zero attached hydrogens (tertiary/aromatic N) is 2. The van der Waals surface area contributed by atoms with E-state index in [2.05, 4.69) is 13.0 Å². The Morgan fingerprint density at radius 1 is 1.38 bits per heavy atom. The molecule has 0 radical (unpaired) electrons. The van der Waals surface area contributed by atoms with Gasteiger partial charge in [-0.15, -0.1) is 0 Å². The number of hydrogen-bond donors (Lipinski definition) is 0. The number of benzene rings is 1. The number of aromatic nitrogens is 1. The van der Waals surface area contributed by atoms with Crippen molar-refractivity contribution in [2.75, 3.05) is 4.90 Å². The van der Waals surface area contributed by atoms with Crippen LogP contribution in [-0.4, -0.2) is 16.5 Å². The summed E-state index contributed by atoms with van der Waals surface area (Å²) in [5.74, 6) is 0.0879. The summed E-state index contributed by atoms with van der Waals surface area (Å²) in [7, 11) is 0. The van der Waals surface area contributed by atoms with Crippen LogP contribution in [0.2, 0.25) is 0 Å². The first-order valence-electron chi connectivity index (χ1n) is 7.13. The molecule has 0 bridgehead atoms. The van der Waals surface area contributed by atoms with E-state index in [0.29, 0.717) is 13.0 Å². The topological polar surface area (TPSA) is 42.3 Å². The molecule has 0 N–H and O–H groups in total. The second-order valence-electron chi connectivity index (χ2n) is 5.49. The first-order valence-corrected chi connectivity index (χ1v) is 8.01. The van der Waals surface area contributed by atoms with E-state index in [1.807, 2.05) is 35.4 Å². The van der Waals surface area contributed by atoms with Gasteiger partial charge in [-0.25, -0.2) is 0 Å². The van der Waals surface area contributed by atoms with Crippen LogP contribution in [0.5, 0.6) is 0 Å². The largest absolute Gasteiger partial charge is 0.309 e. The summed E-state index contributed by atoms with van der Waals surface area (Å²) in [5.41, 5.74) is 3.17. The van der Waals surface area contributed by atoms with Crippen molar-refractivity contribution in [3.8, 4) is 0 Å². The van der Waals surface area contributed by atoms with Crippen LogP contribution < -0.4 is 9.77 Å². The molecule has 4 nitrogen and oxygen atoms in total. The Kier molecular flexibility index (Phi) is 3.68. The van der Waals surface area contributed by atoms with Crippen molar-refractivity contribution in [3.05, 3.63) is 50.6 Å². The van der Waals surface area contributed by atoms with Crippen LogP contribution >= 0.6 is 11.3 Å². The third kappa shape index (κ3) is 2.53. The summed E-state index contributed by atoms with van der Waals surface area (Å²) in [6.07, 6.45) is 1.26. The van der Waals surface area contributed by atoms with E-state index < -0.39 is 0 Å². The SMILES string of the molecule is Cc1csc(=O)n1CCC(=O)N1c2ccccc2C[C@H]1C. The molecule has 21 heavy (non-hydrogen) atoms. The fraction of sp³-hybridized carbons (Fsp3) is 0.375. The monoisotopic (exact) mass is 302 g/mol. The third-order valence-electron chi connectivity index (χ3n) is 4.00. The highest BCUT2D eigenvalue weighted by atomic mass is 32.1. The highest BCUT2D eigenvalue weighted by Crippen LogP contribution is 2.32. The number of thiazole rings is 1. The lowest BCUT2D eigenvalue weighted by atomic mass is 10.1. The Balaban J connectivity index is 1.76. The number of anilines is 1. The summed E-state index contributed by atoms with van der Waals surface area (Å²) in [6, 6.07) is 8.24. The average molecular weight is 302 g/mol. The van der Waals surface area contributed by atoms with Gasteiger partial charge in [0, 0.05) is 35.8 Å². The molecule has 0 unspecified atom stereocenters. The smallest absolute Gasteiger partial charge is 0.307 e. The Morgan fingerprint density at radius 2 is 2.14 bits per heavy atom. The van der Waals surface area contributed by atoms with Gasteiger partial charge in [0.25, 0.3) is 0 Å². The quantitative estimate of drug-likeness (QED) is 0.874. The van der Waals surface area contributed by atoms with Gasteiger partial charge in [0.15, 0.2) is 0 Å². The zero-order valence-electron chi connectivity index (χ0n) is 12.2. The third-order valence-corrected chi connectivity index (χ3v) is 4.88. The summed E-state index contributed by atoms with van der Waals surface area (Å²) in [5, 5.41) is 1.83. The second-order valence-corrected chi connectivity index (χ2v) is 6.31. The van der Waals surface area contributed by atoms with Crippen molar-refractivity contribution >= 4 is 22.9 Å². The minimum absolute atomic E-state index is 0.00942. The number of fused-ring (bicyclic) bond motifs is 1. The lowest BCUT2D eigenvalue weighted by Crippen LogP contribution is -2.36. The van der Waals surface area contributed by atoms with Crippen molar-refractivity contribution in [1.82, 2.24) is 4.57 Å². The zero-order valence-corrected chi connectivity index (χ0v) is 13.0. The molecular formula is C16H18N2O2S. The highest BCUT2D eigenvalue weighted by Gasteiger charge is 2.30.